The first-order chi connectivity index (χ1) is 9.47. The van der Waals surface area contributed by atoms with Gasteiger partial charge in [0.05, 0.1) is 6.10 Å². The number of halogens is 1. The van der Waals surface area contributed by atoms with Crippen molar-refractivity contribution in [3.8, 4) is 5.75 Å². The lowest BCUT2D eigenvalue weighted by Gasteiger charge is -2.20. The number of aliphatic hydroxyl groups excluding tert-OH is 1. The first-order valence-electron chi connectivity index (χ1n) is 6.78. The third-order valence-corrected chi connectivity index (χ3v) is 3.97. The summed E-state index contributed by atoms with van der Waals surface area (Å²) in [5.74, 6) is 0.846. The lowest BCUT2D eigenvalue weighted by molar-refractivity contribution is -0.133. The molecule has 1 N–H and O–H groups in total. The van der Waals surface area contributed by atoms with Gasteiger partial charge in [0.15, 0.2) is 6.61 Å². The standard InChI is InChI=1S/C15H20ClNO3/c1-10-7-12(5-6-13(10)16)20-9-15(19)17(2)8-14(18)11-3-4-11/h5-7,11,14,18H,3-4,8-9H2,1-2H3. The van der Waals surface area contributed by atoms with Gasteiger partial charge in [0, 0.05) is 18.6 Å². The molecule has 20 heavy (non-hydrogen) atoms. The van der Waals surface area contributed by atoms with E-state index in [1.807, 2.05) is 6.92 Å². The van der Waals surface area contributed by atoms with Crippen molar-refractivity contribution in [3.05, 3.63) is 28.8 Å². The molecule has 5 heteroatoms. The summed E-state index contributed by atoms with van der Waals surface area (Å²) in [6, 6.07) is 5.29. The van der Waals surface area contributed by atoms with Gasteiger partial charge in [0.1, 0.15) is 5.75 Å². The number of carbonyl (C=O) groups excluding carboxylic acids is 1. The van der Waals surface area contributed by atoms with Crippen LogP contribution in [0.1, 0.15) is 18.4 Å². The van der Waals surface area contributed by atoms with Crippen molar-refractivity contribution in [2.24, 2.45) is 5.92 Å². The molecule has 0 aliphatic heterocycles. The molecule has 1 saturated carbocycles. The molecule has 0 spiro atoms. The predicted octanol–water partition coefficient (Wildman–Crippen LogP) is 2.26. The lowest BCUT2D eigenvalue weighted by atomic mass is 10.2. The van der Waals surface area contributed by atoms with E-state index in [0.29, 0.717) is 23.2 Å². The van der Waals surface area contributed by atoms with E-state index >= 15 is 0 Å². The fourth-order valence-electron chi connectivity index (χ4n) is 1.97. The number of rotatable bonds is 6. The molecule has 1 amide bonds. The van der Waals surface area contributed by atoms with Crippen molar-refractivity contribution in [2.75, 3.05) is 20.2 Å². The third-order valence-electron chi connectivity index (χ3n) is 3.54. The number of carbonyl (C=O) groups is 1. The second-order valence-corrected chi connectivity index (χ2v) is 5.79. The van der Waals surface area contributed by atoms with Crippen LogP contribution in [-0.4, -0.2) is 42.2 Å². The molecule has 2 rings (SSSR count). The molecule has 1 aromatic carbocycles. The Morgan fingerprint density at radius 2 is 2.25 bits per heavy atom. The SMILES string of the molecule is Cc1cc(OCC(=O)N(C)CC(O)C2CC2)ccc1Cl. The molecule has 1 aliphatic carbocycles. The van der Waals surface area contributed by atoms with Crippen LogP contribution in [0.2, 0.25) is 5.02 Å². The number of nitrogens with zero attached hydrogens (tertiary/aromatic N) is 1. The number of likely N-dealkylation sites (N-methyl/N-ethyl adjacent to an activating group) is 1. The maximum atomic E-state index is 11.9. The van der Waals surface area contributed by atoms with E-state index in [1.165, 1.54) is 4.90 Å². The van der Waals surface area contributed by atoms with Crippen LogP contribution >= 0.6 is 11.6 Å². The second-order valence-electron chi connectivity index (χ2n) is 5.38. The molecular formula is C15H20ClNO3. The molecule has 1 unspecified atom stereocenters. The van der Waals surface area contributed by atoms with Crippen molar-refractivity contribution in [1.29, 1.82) is 0 Å². The molecule has 1 aromatic rings. The van der Waals surface area contributed by atoms with Crippen LogP contribution in [0.5, 0.6) is 5.75 Å². The van der Waals surface area contributed by atoms with Crippen LogP contribution < -0.4 is 4.74 Å². The van der Waals surface area contributed by atoms with Crippen LogP contribution in [0.4, 0.5) is 0 Å². The molecule has 110 valence electrons. The van der Waals surface area contributed by atoms with Gasteiger partial charge in [-0.2, -0.15) is 0 Å². The summed E-state index contributed by atoms with van der Waals surface area (Å²) in [6.07, 6.45) is 1.70. The Kier molecular flexibility index (Phi) is 4.89. The number of hydrogen-bond acceptors (Lipinski definition) is 3. The molecule has 4 nitrogen and oxygen atoms in total. The number of ether oxygens (including phenoxy) is 1. The van der Waals surface area contributed by atoms with Gasteiger partial charge < -0.3 is 14.7 Å². The third kappa shape index (κ3) is 4.12. The van der Waals surface area contributed by atoms with E-state index in [9.17, 15) is 9.90 Å². The van der Waals surface area contributed by atoms with Crippen molar-refractivity contribution in [2.45, 2.75) is 25.9 Å². The molecular weight excluding hydrogens is 278 g/mol. The van der Waals surface area contributed by atoms with Gasteiger partial charge in [-0.1, -0.05) is 11.6 Å². The molecule has 0 radical (unpaired) electrons. The highest BCUT2D eigenvalue weighted by Gasteiger charge is 2.31. The Morgan fingerprint density at radius 1 is 1.55 bits per heavy atom. The van der Waals surface area contributed by atoms with E-state index in [1.54, 1.807) is 25.2 Å². The van der Waals surface area contributed by atoms with E-state index in [-0.39, 0.29) is 12.5 Å². The molecule has 0 heterocycles. The maximum absolute atomic E-state index is 11.9. The van der Waals surface area contributed by atoms with Gasteiger partial charge >= 0.3 is 0 Å². The van der Waals surface area contributed by atoms with Crippen molar-refractivity contribution in [3.63, 3.8) is 0 Å². The number of benzene rings is 1. The number of aryl methyl sites for hydroxylation is 1. The van der Waals surface area contributed by atoms with Gasteiger partial charge in [-0.15, -0.1) is 0 Å². The molecule has 1 atom stereocenters. The van der Waals surface area contributed by atoms with E-state index in [2.05, 4.69) is 0 Å². The quantitative estimate of drug-likeness (QED) is 0.876. The van der Waals surface area contributed by atoms with Crippen LogP contribution in [-0.2, 0) is 4.79 Å². The fourth-order valence-corrected chi connectivity index (χ4v) is 2.09. The number of amides is 1. The summed E-state index contributed by atoms with van der Waals surface area (Å²) >= 11 is 5.93. The minimum atomic E-state index is -0.415. The summed E-state index contributed by atoms with van der Waals surface area (Å²) in [5.41, 5.74) is 0.911. The van der Waals surface area contributed by atoms with Crippen LogP contribution in [0.15, 0.2) is 18.2 Å². The predicted molar refractivity (Wildman–Crippen MR) is 78.1 cm³/mol. The van der Waals surface area contributed by atoms with Crippen molar-refractivity contribution in [1.82, 2.24) is 4.90 Å². The van der Waals surface area contributed by atoms with Gasteiger partial charge in [-0.3, -0.25) is 4.79 Å². The average Bonchev–Trinajstić information content (AvgIpc) is 3.24. The summed E-state index contributed by atoms with van der Waals surface area (Å²) in [7, 11) is 1.68. The molecule has 1 aliphatic rings. The fraction of sp³-hybridized carbons (Fsp3) is 0.533. The Bertz CT molecular complexity index is 488. The van der Waals surface area contributed by atoms with Gasteiger partial charge in [-0.25, -0.2) is 0 Å². The highest BCUT2D eigenvalue weighted by atomic mass is 35.5. The van der Waals surface area contributed by atoms with E-state index < -0.39 is 6.10 Å². The topological polar surface area (TPSA) is 49.8 Å². The zero-order valence-corrected chi connectivity index (χ0v) is 12.6. The molecule has 0 aromatic heterocycles. The zero-order chi connectivity index (χ0) is 14.7. The Balaban J connectivity index is 1.79. The number of hydrogen-bond donors (Lipinski definition) is 1. The highest BCUT2D eigenvalue weighted by molar-refractivity contribution is 6.31. The molecule has 1 fully saturated rings. The first kappa shape index (κ1) is 15.1. The summed E-state index contributed by atoms with van der Waals surface area (Å²) in [4.78, 5) is 13.4. The largest absolute Gasteiger partial charge is 0.484 e. The smallest absolute Gasteiger partial charge is 0.260 e. The minimum absolute atomic E-state index is 0.0328. The highest BCUT2D eigenvalue weighted by Crippen LogP contribution is 2.32. The summed E-state index contributed by atoms with van der Waals surface area (Å²) in [5, 5.41) is 10.5. The Morgan fingerprint density at radius 3 is 2.85 bits per heavy atom. The van der Waals surface area contributed by atoms with Crippen molar-refractivity contribution >= 4 is 17.5 Å². The van der Waals surface area contributed by atoms with Gasteiger partial charge in [0.25, 0.3) is 5.91 Å². The van der Waals surface area contributed by atoms with Crippen LogP contribution in [0.3, 0.4) is 0 Å². The molecule has 0 bridgehead atoms. The van der Waals surface area contributed by atoms with E-state index in [0.717, 1.165) is 18.4 Å². The normalized spacial score (nSPS) is 15.8. The lowest BCUT2D eigenvalue weighted by Crippen LogP contribution is -2.37. The minimum Gasteiger partial charge on any atom is -0.484 e. The van der Waals surface area contributed by atoms with Gasteiger partial charge in [0.2, 0.25) is 0 Å². The zero-order valence-electron chi connectivity index (χ0n) is 11.8. The summed E-state index contributed by atoms with van der Waals surface area (Å²) in [6.45, 7) is 2.22. The second kappa shape index (κ2) is 6.46. The maximum Gasteiger partial charge on any atom is 0.260 e. The van der Waals surface area contributed by atoms with Crippen LogP contribution in [0, 0.1) is 12.8 Å². The number of aliphatic hydroxyl groups is 1. The summed E-state index contributed by atoms with van der Waals surface area (Å²) < 4.78 is 5.45. The van der Waals surface area contributed by atoms with Crippen LogP contribution in [0.25, 0.3) is 0 Å². The molecule has 0 saturated heterocycles. The first-order valence-corrected chi connectivity index (χ1v) is 7.16. The van der Waals surface area contributed by atoms with E-state index in [4.69, 9.17) is 16.3 Å². The van der Waals surface area contributed by atoms with Gasteiger partial charge in [-0.05, 0) is 49.4 Å². The Hall–Kier alpha value is -1.26. The average molecular weight is 298 g/mol. The van der Waals surface area contributed by atoms with Crippen molar-refractivity contribution < 1.29 is 14.6 Å². The monoisotopic (exact) mass is 297 g/mol. The Labute approximate surface area is 124 Å².